The first-order chi connectivity index (χ1) is 11.1. The molecule has 0 saturated heterocycles. The fraction of sp³-hybridized carbons (Fsp3) is 0.316. The first-order valence-electron chi connectivity index (χ1n) is 7.94. The van der Waals surface area contributed by atoms with Gasteiger partial charge >= 0.3 is 0 Å². The zero-order valence-electron chi connectivity index (χ0n) is 13.6. The molecule has 0 amide bonds. The highest BCUT2D eigenvalue weighted by atomic mass is 16.5. The predicted octanol–water partition coefficient (Wildman–Crippen LogP) is 3.19. The molecule has 1 aliphatic heterocycles. The van der Waals surface area contributed by atoms with Crippen molar-refractivity contribution in [1.82, 2.24) is 4.90 Å². The van der Waals surface area contributed by atoms with E-state index in [1.54, 1.807) is 0 Å². The number of anilines is 1. The van der Waals surface area contributed by atoms with Crippen LogP contribution >= 0.6 is 0 Å². The van der Waals surface area contributed by atoms with Gasteiger partial charge < -0.3 is 10.1 Å². The maximum atomic E-state index is 12.8. The van der Waals surface area contributed by atoms with Crippen LogP contribution < -0.4 is 10.1 Å². The number of Topliss-reactive ketones (excluding diaryl/α,β-unsaturated/α-hetero) is 1. The Morgan fingerprint density at radius 1 is 1.26 bits per heavy atom. The highest BCUT2D eigenvalue weighted by Gasteiger charge is 2.21. The lowest BCUT2D eigenvalue weighted by Gasteiger charge is -2.25. The highest BCUT2D eigenvalue weighted by molar-refractivity contribution is 6.01. The molecule has 0 radical (unpaired) electrons. The van der Waals surface area contributed by atoms with Crippen molar-refractivity contribution >= 4 is 11.5 Å². The van der Waals surface area contributed by atoms with Crippen LogP contribution in [0, 0.1) is 0 Å². The second-order valence-electron chi connectivity index (χ2n) is 5.93. The lowest BCUT2D eigenvalue weighted by Crippen LogP contribution is -2.35. The van der Waals surface area contributed by atoms with E-state index in [0.717, 1.165) is 24.5 Å². The highest BCUT2D eigenvalue weighted by Crippen LogP contribution is 2.28. The molecule has 1 atom stereocenters. The Morgan fingerprint density at radius 2 is 2.04 bits per heavy atom. The fourth-order valence-electron chi connectivity index (χ4n) is 2.74. The molecule has 1 aliphatic rings. The van der Waals surface area contributed by atoms with Gasteiger partial charge in [-0.25, -0.2) is 0 Å². The number of nitrogens with one attached hydrogen (secondary N) is 1. The molecule has 1 heterocycles. The van der Waals surface area contributed by atoms with Gasteiger partial charge in [0.25, 0.3) is 0 Å². The first kappa shape index (κ1) is 15.6. The van der Waals surface area contributed by atoms with Crippen molar-refractivity contribution in [3.63, 3.8) is 0 Å². The zero-order valence-corrected chi connectivity index (χ0v) is 13.6. The van der Waals surface area contributed by atoms with Gasteiger partial charge in [-0.15, -0.1) is 0 Å². The van der Waals surface area contributed by atoms with E-state index in [1.165, 1.54) is 5.56 Å². The summed E-state index contributed by atoms with van der Waals surface area (Å²) in [6.45, 7) is 4.14. The van der Waals surface area contributed by atoms with Gasteiger partial charge in [0.1, 0.15) is 12.4 Å². The number of ether oxygens (including phenoxy) is 1. The van der Waals surface area contributed by atoms with Crippen LogP contribution in [0.1, 0.15) is 22.8 Å². The average Bonchev–Trinajstić information content (AvgIpc) is 2.61. The normalized spacial score (nSPS) is 14.6. The van der Waals surface area contributed by atoms with Crippen molar-refractivity contribution in [3.05, 3.63) is 59.7 Å². The second-order valence-corrected chi connectivity index (χ2v) is 5.93. The molecule has 0 aromatic heterocycles. The molecule has 2 aromatic rings. The Labute approximate surface area is 137 Å². The van der Waals surface area contributed by atoms with Gasteiger partial charge in [-0.3, -0.25) is 9.69 Å². The second kappa shape index (κ2) is 6.84. The Hall–Kier alpha value is -2.33. The van der Waals surface area contributed by atoms with Gasteiger partial charge in [0.15, 0.2) is 5.78 Å². The third kappa shape index (κ3) is 3.54. The number of hydrogen-bond donors (Lipinski definition) is 1. The molecule has 0 fully saturated rings. The van der Waals surface area contributed by atoms with Crippen LogP contribution in [0.2, 0.25) is 0 Å². The van der Waals surface area contributed by atoms with Gasteiger partial charge in [-0.2, -0.15) is 0 Å². The summed E-state index contributed by atoms with van der Waals surface area (Å²) in [5.74, 6) is 0.941. The van der Waals surface area contributed by atoms with Crippen molar-refractivity contribution < 1.29 is 9.53 Å². The molecule has 4 nitrogen and oxygen atoms in total. The minimum Gasteiger partial charge on any atom is -0.490 e. The molecule has 4 heteroatoms. The number of likely N-dealkylation sites (N-methyl/N-ethyl adjacent to an activating group) is 1. The molecule has 23 heavy (non-hydrogen) atoms. The molecular formula is C19H22N2O2. The molecular weight excluding hydrogens is 288 g/mol. The summed E-state index contributed by atoms with van der Waals surface area (Å²) in [7, 11) is 1.98. The van der Waals surface area contributed by atoms with E-state index in [4.69, 9.17) is 4.74 Å². The molecule has 2 aromatic carbocycles. The smallest absolute Gasteiger partial charge is 0.179 e. The molecule has 3 rings (SSSR count). The number of hydrogen-bond acceptors (Lipinski definition) is 4. The Kier molecular flexibility index (Phi) is 4.63. The number of carbonyl (C=O) groups is 1. The molecule has 0 bridgehead atoms. The van der Waals surface area contributed by atoms with E-state index in [9.17, 15) is 4.79 Å². The number of nitrogens with zero attached hydrogens (tertiary/aromatic N) is 1. The Bertz CT molecular complexity index is 685. The van der Waals surface area contributed by atoms with Crippen molar-refractivity contribution in [2.75, 3.05) is 25.5 Å². The van der Waals surface area contributed by atoms with Crippen LogP contribution in [0.3, 0.4) is 0 Å². The summed E-state index contributed by atoms with van der Waals surface area (Å²) < 4.78 is 5.56. The van der Waals surface area contributed by atoms with Crippen molar-refractivity contribution in [2.45, 2.75) is 19.5 Å². The lowest BCUT2D eigenvalue weighted by molar-refractivity contribution is 0.0862. The van der Waals surface area contributed by atoms with E-state index in [1.807, 2.05) is 50.4 Å². The average molecular weight is 310 g/mol. The van der Waals surface area contributed by atoms with Crippen LogP contribution in [-0.4, -0.2) is 36.9 Å². The van der Waals surface area contributed by atoms with Crippen LogP contribution in [-0.2, 0) is 6.54 Å². The molecule has 0 saturated carbocycles. The largest absolute Gasteiger partial charge is 0.490 e. The maximum absolute atomic E-state index is 12.8. The summed E-state index contributed by atoms with van der Waals surface area (Å²) in [5.41, 5.74) is 2.82. The van der Waals surface area contributed by atoms with Gasteiger partial charge in [0.05, 0.1) is 11.7 Å². The van der Waals surface area contributed by atoms with E-state index in [2.05, 4.69) is 22.3 Å². The minimum absolute atomic E-state index is 0.124. The van der Waals surface area contributed by atoms with Crippen molar-refractivity contribution in [3.8, 4) is 5.75 Å². The predicted molar refractivity (Wildman–Crippen MR) is 92.1 cm³/mol. The Morgan fingerprint density at radius 3 is 2.83 bits per heavy atom. The van der Waals surface area contributed by atoms with Crippen LogP contribution in [0.4, 0.5) is 5.69 Å². The summed E-state index contributed by atoms with van der Waals surface area (Å²) in [5, 5.41) is 3.28. The van der Waals surface area contributed by atoms with Crippen molar-refractivity contribution in [1.29, 1.82) is 0 Å². The van der Waals surface area contributed by atoms with Gasteiger partial charge in [0, 0.05) is 18.7 Å². The van der Waals surface area contributed by atoms with Crippen LogP contribution in [0.5, 0.6) is 5.75 Å². The fourth-order valence-corrected chi connectivity index (χ4v) is 2.74. The quantitative estimate of drug-likeness (QED) is 0.861. The molecule has 1 N–H and O–H groups in total. The standard InChI is InChI=1S/C19H22N2O2/c1-14(21(2)13-15-6-4-3-5-7-15)19(22)16-8-9-18-17(12-16)20-10-11-23-18/h3-9,12,14,20H,10-11,13H2,1-2H3. The topological polar surface area (TPSA) is 41.6 Å². The summed E-state index contributed by atoms with van der Waals surface area (Å²) in [6.07, 6.45) is 0. The number of benzene rings is 2. The van der Waals surface area contributed by atoms with Gasteiger partial charge in [-0.1, -0.05) is 30.3 Å². The zero-order chi connectivity index (χ0) is 16.2. The third-order valence-electron chi connectivity index (χ3n) is 4.25. The number of ketones is 1. The van der Waals surface area contributed by atoms with Gasteiger partial charge in [0.2, 0.25) is 0 Å². The van der Waals surface area contributed by atoms with Crippen molar-refractivity contribution in [2.24, 2.45) is 0 Å². The maximum Gasteiger partial charge on any atom is 0.179 e. The molecule has 0 aliphatic carbocycles. The number of fused-ring (bicyclic) bond motifs is 1. The third-order valence-corrected chi connectivity index (χ3v) is 4.25. The molecule has 120 valence electrons. The number of carbonyl (C=O) groups excluding carboxylic acids is 1. The summed E-state index contributed by atoms with van der Waals surface area (Å²) in [6, 6.07) is 15.6. The van der Waals surface area contributed by atoms with E-state index >= 15 is 0 Å². The monoisotopic (exact) mass is 310 g/mol. The Balaban J connectivity index is 1.71. The van der Waals surface area contributed by atoms with E-state index in [0.29, 0.717) is 12.2 Å². The molecule has 1 unspecified atom stereocenters. The van der Waals surface area contributed by atoms with Gasteiger partial charge in [-0.05, 0) is 37.7 Å². The number of rotatable bonds is 5. The first-order valence-corrected chi connectivity index (χ1v) is 7.94. The SMILES string of the molecule is CC(C(=O)c1ccc2c(c1)NCCO2)N(C)Cc1ccccc1. The van der Waals surface area contributed by atoms with E-state index in [-0.39, 0.29) is 11.8 Å². The van der Waals surface area contributed by atoms with Crippen LogP contribution in [0.15, 0.2) is 48.5 Å². The van der Waals surface area contributed by atoms with Crippen LogP contribution in [0.25, 0.3) is 0 Å². The van der Waals surface area contributed by atoms with E-state index < -0.39 is 0 Å². The lowest BCUT2D eigenvalue weighted by atomic mass is 10.0. The summed E-state index contributed by atoms with van der Waals surface area (Å²) >= 11 is 0. The summed E-state index contributed by atoms with van der Waals surface area (Å²) in [4.78, 5) is 14.8. The molecule has 0 spiro atoms. The minimum atomic E-state index is -0.183.